The Morgan fingerprint density at radius 1 is 0.941 bits per heavy atom. The van der Waals surface area contributed by atoms with Crippen LogP contribution in [0, 0.1) is 0 Å². The van der Waals surface area contributed by atoms with Gasteiger partial charge in [0.25, 0.3) is 11.9 Å². The first kappa shape index (κ1) is 22.7. The number of hydrogen-bond acceptors (Lipinski definition) is 9. The number of nitrogens with one attached hydrogen (secondary N) is 2. The lowest BCUT2D eigenvalue weighted by molar-refractivity contribution is 0.0958. The molecule has 2 heterocycles. The minimum atomic E-state index is -0.294. The van der Waals surface area contributed by atoms with E-state index in [2.05, 4.69) is 20.6 Å². The zero-order chi connectivity index (χ0) is 24.1. The molecule has 10 nitrogen and oxygen atoms in total. The summed E-state index contributed by atoms with van der Waals surface area (Å²) in [6.45, 7) is 0.353. The van der Waals surface area contributed by atoms with Gasteiger partial charge in [0.2, 0.25) is 0 Å². The summed E-state index contributed by atoms with van der Waals surface area (Å²) >= 11 is 0. The van der Waals surface area contributed by atoms with Crippen molar-refractivity contribution in [3.05, 3.63) is 59.9 Å². The van der Waals surface area contributed by atoms with E-state index in [1.165, 1.54) is 6.20 Å². The average molecular weight is 464 g/mol. The van der Waals surface area contributed by atoms with Crippen molar-refractivity contribution in [3.63, 3.8) is 0 Å². The molecule has 2 N–H and O–H groups in total. The fourth-order valence-electron chi connectivity index (χ4n) is 3.32. The smallest absolute Gasteiger partial charge is 0.295 e. The van der Waals surface area contributed by atoms with Crippen molar-refractivity contribution in [2.24, 2.45) is 0 Å². The molecule has 4 aromatic rings. The molecular weight excluding hydrogens is 440 g/mol. The second-order valence-corrected chi connectivity index (χ2v) is 7.07. The highest BCUT2D eigenvalue weighted by Crippen LogP contribution is 2.35. The van der Waals surface area contributed by atoms with Gasteiger partial charge < -0.3 is 34.0 Å². The molecule has 0 atom stereocenters. The number of amides is 1. The van der Waals surface area contributed by atoms with Gasteiger partial charge in [-0.3, -0.25) is 9.78 Å². The predicted molar refractivity (Wildman–Crippen MR) is 125 cm³/mol. The number of ether oxygens (including phenoxy) is 4. The third-order valence-electron chi connectivity index (χ3n) is 5.02. The summed E-state index contributed by atoms with van der Waals surface area (Å²) in [6.07, 6.45) is 1.51. The van der Waals surface area contributed by atoms with E-state index in [0.717, 1.165) is 5.56 Å². The molecule has 0 spiro atoms. The Hall–Kier alpha value is -4.47. The van der Waals surface area contributed by atoms with E-state index in [0.29, 0.717) is 52.4 Å². The molecule has 0 aliphatic heterocycles. The van der Waals surface area contributed by atoms with E-state index in [-0.39, 0.29) is 11.6 Å². The van der Waals surface area contributed by atoms with E-state index in [9.17, 15) is 4.79 Å². The third kappa shape index (κ3) is 4.80. The number of carbonyl (C=O) groups is 1. The summed E-state index contributed by atoms with van der Waals surface area (Å²) in [5.74, 6) is 2.57. The Balaban J connectivity index is 1.52. The zero-order valence-electron chi connectivity index (χ0n) is 19.2. The van der Waals surface area contributed by atoms with Crippen LogP contribution in [0.1, 0.15) is 16.1 Å². The number of carbonyl (C=O) groups excluding carboxylic acids is 1. The van der Waals surface area contributed by atoms with Crippen molar-refractivity contribution >= 4 is 23.0 Å². The second-order valence-electron chi connectivity index (χ2n) is 7.07. The van der Waals surface area contributed by atoms with Crippen LogP contribution in [0.4, 0.5) is 6.01 Å². The average Bonchev–Trinajstić information content (AvgIpc) is 3.28. The Kier molecular flexibility index (Phi) is 6.67. The molecule has 4 rings (SSSR count). The van der Waals surface area contributed by atoms with Gasteiger partial charge in [0.1, 0.15) is 40.0 Å². The number of rotatable bonds is 9. The first-order valence-corrected chi connectivity index (χ1v) is 10.3. The highest BCUT2D eigenvalue weighted by molar-refractivity contribution is 5.92. The molecule has 0 unspecified atom stereocenters. The maximum absolute atomic E-state index is 11.8. The summed E-state index contributed by atoms with van der Waals surface area (Å²) < 4.78 is 28.0. The van der Waals surface area contributed by atoms with Crippen LogP contribution in [0.2, 0.25) is 0 Å². The molecule has 0 saturated heterocycles. The monoisotopic (exact) mass is 464 g/mol. The molecule has 34 heavy (non-hydrogen) atoms. The number of oxazole rings is 1. The van der Waals surface area contributed by atoms with Gasteiger partial charge >= 0.3 is 0 Å². The molecular formula is C24H24N4O6. The molecule has 10 heteroatoms. The summed E-state index contributed by atoms with van der Waals surface area (Å²) in [6, 6.07) is 12.4. The van der Waals surface area contributed by atoms with Crippen LogP contribution in [0.5, 0.6) is 28.7 Å². The Labute approximate surface area is 195 Å². The van der Waals surface area contributed by atoms with E-state index in [1.54, 1.807) is 70.8 Å². The topological polar surface area (TPSA) is 117 Å². The predicted octanol–water partition coefficient (Wildman–Crippen LogP) is 4.01. The molecule has 0 radical (unpaired) electrons. The Morgan fingerprint density at radius 2 is 1.68 bits per heavy atom. The number of methoxy groups -OCH3 is 3. The molecule has 0 aliphatic rings. The van der Waals surface area contributed by atoms with Gasteiger partial charge in [0.15, 0.2) is 5.58 Å². The first-order valence-electron chi connectivity index (χ1n) is 10.3. The quantitative estimate of drug-likeness (QED) is 0.379. The first-order chi connectivity index (χ1) is 16.5. The van der Waals surface area contributed by atoms with Gasteiger partial charge in [-0.25, -0.2) is 0 Å². The SMILES string of the molecule is CNC(=O)c1cc(Oc2ccc3nc(NCc4c(OC)cc(OC)cc4OC)oc3c2)ccn1. The fraction of sp³-hybridized carbons (Fsp3) is 0.208. The lowest BCUT2D eigenvalue weighted by atomic mass is 10.1. The number of anilines is 1. The third-order valence-corrected chi connectivity index (χ3v) is 5.02. The van der Waals surface area contributed by atoms with Crippen molar-refractivity contribution in [2.75, 3.05) is 33.7 Å². The number of hydrogen-bond donors (Lipinski definition) is 2. The van der Waals surface area contributed by atoms with Crippen LogP contribution < -0.4 is 29.6 Å². The fourth-order valence-corrected chi connectivity index (χ4v) is 3.32. The largest absolute Gasteiger partial charge is 0.496 e. The van der Waals surface area contributed by atoms with Gasteiger partial charge in [0, 0.05) is 37.5 Å². The van der Waals surface area contributed by atoms with E-state index in [1.807, 2.05) is 0 Å². The van der Waals surface area contributed by atoms with Gasteiger partial charge in [0.05, 0.1) is 33.4 Å². The lowest BCUT2D eigenvalue weighted by Crippen LogP contribution is -2.18. The number of nitrogens with zero attached hydrogens (tertiary/aromatic N) is 2. The van der Waals surface area contributed by atoms with Crippen LogP contribution >= 0.6 is 0 Å². The molecule has 1 amide bonds. The number of aromatic nitrogens is 2. The standard InChI is InChI=1S/C24H24N4O6/c1-25-23(29)19-9-15(7-8-26-19)33-14-5-6-18-22(10-14)34-24(28-18)27-13-17-20(31-3)11-16(30-2)12-21(17)32-4/h5-12H,13H2,1-4H3,(H,25,29)(H,27,28). The van der Waals surface area contributed by atoms with Crippen LogP contribution in [-0.4, -0.2) is 44.3 Å². The molecule has 0 fully saturated rings. The Morgan fingerprint density at radius 3 is 2.35 bits per heavy atom. The highest BCUT2D eigenvalue weighted by Gasteiger charge is 2.15. The van der Waals surface area contributed by atoms with Gasteiger partial charge in [-0.1, -0.05) is 0 Å². The van der Waals surface area contributed by atoms with Gasteiger partial charge in [-0.2, -0.15) is 4.98 Å². The van der Waals surface area contributed by atoms with E-state index >= 15 is 0 Å². The summed E-state index contributed by atoms with van der Waals surface area (Å²) in [5, 5.41) is 5.69. The maximum atomic E-state index is 11.8. The normalized spacial score (nSPS) is 10.6. The minimum Gasteiger partial charge on any atom is -0.496 e. The van der Waals surface area contributed by atoms with Crippen LogP contribution in [-0.2, 0) is 6.54 Å². The van der Waals surface area contributed by atoms with Crippen molar-refractivity contribution in [2.45, 2.75) is 6.54 Å². The Bertz CT molecular complexity index is 1300. The molecule has 0 saturated carbocycles. The van der Waals surface area contributed by atoms with Crippen LogP contribution in [0.15, 0.2) is 53.1 Å². The van der Waals surface area contributed by atoms with Crippen molar-refractivity contribution in [1.29, 1.82) is 0 Å². The zero-order valence-corrected chi connectivity index (χ0v) is 19.2. The van der Waals surface area contributed by atoms with Crippen LogP contribution in [0.3, 0.4) is 0 Å². The van der Waals surface area contributed by atoms with Crippen LogP contribution in [0.25, 0.3) is 11.1 Å². The molecule has 0 bridgehead atoms. The lowest BCUT2D eigenvalue weighted by Gasteiger charge is -2.15. The number of pyridine rings is 1. The molecule has 176 valence electrons. The van der Waals surface area contributed by atoms with Gasteiger partial charge in [-0.15, -0.1) is 0 Å². The van der Waals surface area contributed by atoms with Crippen molar-refractivity contribution in [3.8, 4) is 28.7 Å². The summed E-state index contributed by atoms with van der Waals surface area (Å²) in [7, 11) is 6.29. The minimum absolute atomic E-state index is 0.261. The summed E-state index contributed by atoms with van der Waals surface area (Å²) in [5.41, 5.74) is 2.25. The van der Waals surface area contributed by atoms with Gasteiger partial charge in [-0.05, 0) is 18.2 Å². The van der Waals surface area contributed by atoms with Crippen molar-refractivity contribution in [1.82, 2.24) is 15.3 Å². The molecule has 2 aromatic heterocycles. The molecule has 2 aromatic carbocycles. The van der Waals surface area contributed by atoms with E-state index in [4.69, 9.17) is 23.4 Å². The van der Waals surface area contributed by atoms with Crippen molar-refractivity contribution < 1.29 is 28.2 Å². The maximum Gasteiger partial charge on any atom is 0.295 e. The number of fused-ring (bicyclic) bond motifs is 1. The highest BCUT2D eigenvalue weighted by atomic mass is 16.5. The number of benzene rings is 2. The summed E-state index contributed by atoms with van der Waals surface area (Å²) in [4.78, 5) is 20.3. The molecule has 0 aliphatic carbocycles. The van der Waals surface area contributed by atoms with E-state index < -0.39 is 0 Å². The second kappa shape index (κ2) is 9.99.